The van der Waals surface area contributed by atoms with E-state index in [0.29, 0.717) is 25.5 Å². The van der Waals surface area contributed by atoms with Crippen LogP contribution in [0.1, 0.15) is 27.2 Å². The molecular formula is C12H26IN3O3. The van der Waals surface area contributed by atoms with E-state index in [1.165, 1.54) is 0 Å². The molecule has 0 aliphatic heterocycles. The Balaban J connectivity index is 0. The van der Waals surface area contributed by atoms with Crippen LogP contribution in [0.2, 0.25) is 0 Å². The first kappa shape index (κ1) is 20.7. The number of hydrogen-bond acceptors (Lipinski definition) is 4. The summed E-state index contributed by atoms with van der Waals surface area (Å²) >= 11 is 0. The van der Waals surface area contributed by atoms with Gasteiger partial charge in [0.2, 0.25) is 0 Å². The summed E-state index contributed by atoms with van der Waals surface area (Å²) in [6.45, 7) is 6.74. The lowest BCUT2D eigenvalue weighted by atomic mass is 10.3. The molecule has 0 radical (unpaired) electrons. The van der Waals surface area contributed by atoms with Crippen molar-refractivity contribution in [1.29, 1.82) is 0 Å². The summed E-state index contributed by atoms with van der Waals surface area (Å²) in [5.74, 6) is 0.440. The summed E-state index contributed by atoms with van der Waals surface area (Å²) in [6.07, 6.45) is 0.244. The van der Waals surface area contributed by atoms with Crippen LogP contribution in [0.25, 0.3) is 0 Å². The maximum Gasteiger partial charge on any atom is 0.307 e. The highest BCUT2D eigenvalue weighted by Crippen LogP contribution is 1.92. The molecule has 6 nitrogen and oxygen atoms in total. The molecule has 0 bridgehead atoms. The van der Waals surface area contributed by atoms with Gasteiger partial charge in [-0.15, -0.1) is 24.0 Å². The third kappa shape index (κ3) is 12.2. The monoisotopic (exact) mass is 387 g/mol. The number of nitrogens with one attached hydrogen (secondary N) is 2. The van der Waals surface area contributed by atoms with Gasteiger partial charge in [-0.3, -0.25) is 9.79 Å². The largest absolute Gasteiger partial charge is 0.463 e. The SMILES string of the molecule is CN=C(NCCC(=O)OC(C)C)NC(C)COC.I. The number of halogens is 1. The molecule has 0 heterocycles. The molecule has 1 atom stereocenters. The van der Waals surface area contributed by atoms with E-state index in [2.05, 4.69) is 15.6 Å². The molecule has 0 amide bonds. The van der Waals surface area contributed by atoms with Crippen LogP contribution in [0.15, 0.2) is 4.99 Å². The highest BCUT2D eigenvalue weighted by Gasteiger charge is 2.07. The fourth-order valence-electron chi connectivity index (χ4n) is 1.32. The van der Waals surface area contributed by atoms with Crippen LogP contribution in [0, 0.1) is 0 Å². The van der Waals surface area contributed by atoms with Gasteiger partial charge in [0.05, 0.1) is 19.1 Å². The summed E-state index contributed by atoms with van der Waals surface area (Å²) in [7, 11) is 3.33. The van der Waals surface area contributed by atoms with Gasteiger partial charge in [0, 0.05) is 26.7 Å². The van der Waals surface area contributed by atoms with Gasteiger partial charge in [0.25, 0.3) is 0 Å². The number of ether oxygens (including phenoxy) is 2. The Kier molecular flexibility index (Phi) is 13.6. The topological polar surface area (TPSA) is 72.0 Å². The minimum Gasteiger partial charge on any atom is -0.463 e. The molecule has 0 aliphatic rings. The van der Waals surface area contributed by atoms with Crippen LogP contribution >= 0.6 is 24.0 Å². The molecule has 19 heavy (non-hydrogen) atoms. The van der Waals surface area contributed by atoms with E-state index in [9.17, 15) is 4.79 Å². The minimum atomic E-state index is -0.210. The van der Waals surface area contributed by atoms with Gasteiger partial charge in [-0.1, -0.05) is 0 Å². The van der Waals surface area contributed by atoms with Gasteiger partial charge in [-0.05, 0) is 20.8 Å². The van der Waals surface area contributed by atoms with Crippen molar-refractivity contribution in [2.45, 2.75) is 39.3 Å². The molecule has 0 fully saturated rings. The Morgan fingerprint density at radius 2 is 1.95 bits per heavy atom. The van der Waals surface area contributed by atoms with Gasteiger partial charge in [-0.25, -0.2) is 0 Å². The average molecular weight is 387 g/mol. The van der Waals surface area contributed by atoms with Gasteiger partial charge < -0.3 is 20.1 Å². The maximum atomic E-state index is 11.3. The zero-order chi connectivity index (χ0) is 14.0. The van der Waals surface area contributed by atoms with E-state index in [4.69, 9.17) is 9.47 Å². The first-order chi connectivity index (χ1) is 8.49. The predicted octanol–water partition coefficient (Wildman–Crippen LogP) is 1.15. The Labute approximate surface area is 132 Å². The molecule has 0 saturated heterocycles. The Hall–Kier alpha value is -0.570. The van der Waals surface area contributed by atoms with Crippen molar-refractivity contribution in [2.24, 2.45) is 4.99 Å². The smallest absolute Gasteiger partial charge is 0.307 e. The lowest BCUT2D eigenvalue weighted by Gasteiger charge is -2.17. The number of guanidine groups is 1. The number of nitrogens with zero attached hydrogens (tertiary/aromatic N) is 1. The van der Waals surface area contributed by atoms with E-state index in [1.807, 2.05) is 20.8 Å². The van der Waals surface area contributed by atoms with Crippen LogP contribution < -0.4 is 10.6 Å². The highest BCUT2D eigenvalue weighted by molar-refractivity contribution is 14.0. The molecule has 0 aliphatic carbocycles. The van der Waals surface area contributed by atoms with Crippen LogP contribution in [0.5, 0.6) is 0 Å². The molecule has 0 saturated carbocycles. The number of rotatable bonds is 7. The third-order valence-electron chi connectivity index (χ3n) is 2.01. The summed E-state index contributed by atoms with van der Waals surface area (Å²) in [6, 6.07) is 0.156. The van der Waals surface area contributed by atoms with Crippen LogP contribution in [0.4, 0.5) is 0 Å². The maximum absolute atomic E-state index is 11.3. The number of esters is 1. The second-order valence-corrected chi connectivity index (χ2v) is 4.29. The number of methoxy groups -OCH3 is 1. The number of hydrogen-bond donors (Lipinski definition) is 2. The van der Waals surface area contributed by atoms with Crippen molar-refractivity contribution in [3.63, 3.8) is 0 Å². The summed E-state index contributed by atoms with van der Waals surface area (Å²) < 4.78 is 10.0. The molecule has 0 aromatic heterocycles. The molecule has 2 N–H and O–H groups in total. The normalized spacial score (nSPS) is 12.6. The van der Waals surface area contributed by atoms with E-state index < -0.39 is 0 Å². The number of aliphatic imine (C=N–C) groups is 1. The molecule has 1 unspecified atom stereocenters. The molecule has 0 rings (SSSR count). The standard InChI is InChI=1S/C12H25N3O3.HI/c1-9(2)18-11(16)6-7-14-12(13-4)15-10(3)8-17-5;/h9-10H,6-8H2,1-5H3,(H2,13,14,15);1H. The molecular weight excluding hydrogens is 361 g/mol. The molecule has 0 spiro atoms. The first-order valence-electron chi connectivity index (χ1n) is 6.15. The first-order valence-corrected chi connectivity index (χ1v) is 6.15. The van der Waals surface area contributed by atoms with E-state index in [1.54, 1.807) is 14.2 Å². The van der Waals surface area contributed by atoms with E-state index in [0.717, 1.165) is 0 Å². The molecule has 7 heteroatoms. The van der Waals surface area contributed by atoms with Crippen molar-refractivity contribution in [3.05, 3.63) is 0 Å². The zero-order valence-corrected chi connectivity index (χ0v) is 14.7. The van der Waals surface area contributed by atoms with Crippen molar-refractivity contribution < 1.29 is 14.3 Å². The minimum absolute atomic E-state index is 0. The van der Waals surface area contributed by atoms with Gasteiger partial charge >= 0.3 is 5.97 Å². The Morgan fingerprint density at radius 1 is 1.32 bits per heavy atom. The predicted molar refractivity (Wildman–Crippen MR) is 87.1 cm³/mol. The number of carbonyl (C=O) groups excluding carboxylic acids is 1. The lowest BCUT2D eigenvalue weighted by Crippen LogP contribution is -2.44. The summed E-state index contributed by atoms with van der Waals surface area (Å²) in [4.78, 5) is 15.4. The van der Waals surface area contributed by atoms with Crippen molar-refractivity contribution in [3.8, 4) is 0 Å². The third-order valence-corrected chi connectivity index (χ3v) is 2.01. The fourth-order valence-corrected chi connectivity index (χ4v) is 1.32. The van der Waals surface area contributed by atoms with Crippen LogP contribution in [0.3, 0.4) is 0 Å². The lowest BCUT2D eigenvalue weighted by molar-refractivity contribution is -0.147. The van der Waals surface area contributed by atoms with Gasteiger partial charge in [-0.2, -0.15) is 0 Å². The Morgan fingerprint density at radius 3 is 2.42 bits per heavy atom. The second-order valence-electron chi connectivity index (χ2n) is 4.29. The van der Waals surface area contributed by atoms with Crippen LogP contribution in [-0.4, -0.2) is 51.4 Å². The molecule has 0 aromatic carbocycles. The molecule has 0 aromatic rings. The summed E-state index contributed by atoms with van der Waals surface area (Å²) in [5, 5.41) is 6.19. The number of carbonyl (C=O) groups is 1. The molecule has 114 valence electrons. The van der Waals surface area contributed by atoms with E-state index in [-0.39, 0.29) is 42.1 Å². The quantitative estimate of drug-likeness (QED) is 0.297. The van der Waals surface area contributed by atoms with Crippen molar-refractivity contribution in [2.75, 3.05) is 27.3 Å². The fraction of sp³-hybridized carbons (Fsp3) is 0.833. The zero-order valence-electron chi connectivity index (χ0n) is 12.4. The van der Waals surface area contributed by atoms with Gasteiger partial charge in [0.1, 0.15) is 0 Å². The van der Waals surface area contributed by atoms with Gasteiger partial charge in [0.15, 0.2) is 5.96 Å². The van der Waals surface area contributed by atoms with E-state index >= 15 is 0 Å². The highest BCUT2D eigenvalue weighted by atomic mass is 127. The second kappa shape index (κ2) is 12.5. The van der Waals surface area contributed by atoms with Crippen molar-refractivity contribution in [1.82, 2.24) is 10.6 Å². The van der Waals surface area contributed by atoms with Crippen LogP contribution in [-0.2, 0) is 14.3 Å². The summed E-state index contributed by atoms with van der Waals surface area (Å²) in [5.41, 5.74) is 0. The van der Waals surface area contributed by atoms with Crippen molar-refractivity contribution >= 4 is 35.9 Å². The average Bonchev–Trinajstić information content (AvgIpc) is 2.27. The Bertz CT molecular complexity index is 273.